The number of rotatable bonds is 5. The summed E-state index contributed by atoms with van der Waals surface area (Å²) < 4.78 is 0. The van der Waals surface area contributed by atoms with Gasteiger partial charge in [-0.25, -0.2) is 4.79 Å². The molecule has 0 aliphatic rings. The quantitative estimate of drug-likeness (QED) is 0.680. The van der Waals surface area contributed by atoms with Crippen molar-refractivity contribution in [1.82, 2.24) is 16.0 Å². The third kappa shape index (κ3) is 5.56. The summed E-state index contributed by atoms with van der Waals surface area (Å²) in [6.45, 7) is 11.8. The van der Waals surface area contributed by atoms with Gasteiger partial charge < -0.3 is 16.0 Å². The monoisotopic (exact) mass is 243 g/mol. The minimum atomic E-state index is -0.914. The van der Waals surface area contributed by atoms with E-state index in [9.17, 15) is 9.59 Å². The highest BCUT2D eigenvalue weighted by molar-refractivity contribution is 5.90. The molecule has 0 aliphatic heterocycles. The van der Waals surface area contributed by atoms with Crippen LogP contribution in [0.1, 0.15) is 41.5 Å². The van der Waals surface area contributed by atoms with E-state index < -0.39 is 5.54 Å². The van der Waals surface area contributed by atoms with Crippen molar-refractivity contribution in [2.45, 2.75) is 53.1 Å². The number of amides is 3. The van der Waals surface area contributed by atoms with E-state index in [-0.39, 0.29) is 18.0 Å². The number of nitrogens with one attached hydrogen (secondary N) is 3. The van der Waals surface area contributed by atoms with E-state index in [1.165, 1.54) is 0 Å². The summed E-state index contributed by atoms with van der Waals surface area (Å²) >= 11 is 0. The van der Waals surface area contributed by atoms with Gasteiger partial charge >= 0.3 is 6.03 Å². The number of carbonyl (C=O) groups is 2. The van der Waals surface area contributed by atoms with Crippen LogP contribution in [0.5, 0.6) is 0 Å². The molecule has 100 valence electrons. The number of carbonyl (C=O) groups excluding carboxylic acids is 2. The van der Waals surface area contributed by atoms with Gasteiger partial charge in [0.25, 0.3) is 0 Å². The van der Waals surface area contributed by atoms with E-state index in [1.807, 2.05) is 27.7 Å². The average Bonchev–Trinajstić information content (AvgIpc) is 2.16. The van der Waals surface area contributed by atoms with Crippen LogP contribution in [0.3, 0.4) is 0 Å². The van der Waals surface area contributed by atoms with Gasteiger partial charge in [-0.15, -0.1) is 0 Å². The highest BCUT2D eigenvalue weighted by Gasteiger charge is 2.30. The van der Waals surface area contributed by atoms with E-state index in [4.69, 9.17) is 0 Å². The van der Waals surface area contributed by atoms with E-state index in [0.717, 1.165) is 0 Å². The number of urea groups is 1. The summed E-state index contributed by atoms with van der Waals surface area (Å²) in [7, 11) is 0. The Kier molecular flexibility index (Phi) is 5.99. The molecule has 0 aromatic heterocycles. The number of hydrogen-bond acceptors (Lipinski definition) is 2. The van der Waals surface area contributed by atoms with Crippen LogP contribution < -0.4 is 16.0 Å². The molecule has 17 heavy (non-hydrogen) atoms. The molecule has 0 saturated carbocycles. The normalized spacial score (nSPS) is 13.1. The van der Waals surface area contributed by atoms with Crippen molar-refractivity contribution in [2.75, 3.05) is 6.54 Å². The van der Waals surface area contributed by atoms with Crippen molar-refractivity contribution in [3.8, 4) is 0 Å². The molecule has 0 saturated heterocycles. The minimum absolute atomic E-state index is 0.0813. The third-order valence-electron chi connectivity index (χ3n) is 2.69. The Balaban J connectivity index is 4.39. The van der Waals surface area contributed by atoms with Crippen molar-refractivity contribution >= 4 is 11.9 Å². The largest absolute Gasteiger partial charge is 0.351 e. The predicted molar refractivity (Wildman–Crippen MR) is 68.7 cm³/mol. The van der Waals surface area contributed by atoms with Crippen LogP contribution in [-0.4, -0.2) is 30.1 Å². The topological polar surface area (TPSA) is 70.2 Å². The highest BCUT2D eigenvalue weighted by Crippen LogP contribution is 2.06. The fourth-order valence-electron chi connectivity index (χ4n) is 1.10. The van der Waals surface area contributed by atoms with Gasteiger partial charge in [-0.2, -0.15) is 0 Å². The standard InChI is InChI=1S/C12H25N3O2/c1-7-13-11(17)15-12(5,6)10(16)14-9(4)8(2)3/h8-9H,7H2,1-6H3,(H,14,16)(H2,13,15,17)/t9-/m0/s1. The number of hydrogen-bond donors (Lipinski definition) is 3. The smallest absolute Gasteiger partial charge is 0.315 e. The molecular formula is C12H25N3O2. The van der Waals surface area contributed by atoms with Crippen molar-refractivity contribution < 1.29 is 9.59 Å². The van der Waals surface area contributed by atoms with Crippen LogP contribution in [0, 0.1) is 5.92 Å². The maximum atomic E-state index is 12.0. The third-order valence-corrected chi connectivity index (χ3v) is 2.69. The van der Waals surface area contributed by atoms with Crippen LogP contribution in [-0.2, 0) is 4.79 Å². The van der Waals surface area contributed by atoms with Crippen molar-refractivity contribution in [3.63, 3.8) is 0 Å². The van der Waals surface area contributed by atoms with E-state index in [2.05, 4.69) is 16.0 Å². The molecule has 0 unspecified atom stereocenters. The zero-order chi connectivity index (χ0) is 13.6. The summed E-state index contributed by atoms with van der Waals surface area (Å²) in [5.74, 6) is 0.184. The Morgan fingerprint density at radius 2 is 1.71 bits per heavy atom. The fraction of sp³-hybridized carbons (Fsp3) is 0.833. The van der Waals surface area contributed by atoms with Crippen LogP contribution >= 0.6 is 0 Å². The minimum Gasteiger partial charge on any atom is -0.351 e. The molecule has 0 spiro atoms. The summed E-state index contributed by atoms with van der Waals surface area (Å²) in [6, 6.07) is -0.248. The predicted octanol–water partition coefficient (Wildman–Crippen LogP) is 1.24. The molecule has 5 nitrogen and oxygen atoms in total. The average molecular weight is 243 g/mol. The molecule has 0 aromatic carbocycles. The first-order valence-electron chi connectivity index (χ1n) is 6.07. The molecule has 0 heterocycles. The first-order valence-corrected chi connectivity index (χ1v) is 6.07. The second kappa shape index (κ2) is 6.47. The van der Waals surface area contributed by atoms with Crippen LogP contribution in [0.15, 0.2) is 0 Å². The molecule has 0 bridgehead atoms. The van der Waals surface area contributed by atoms with Gasteiger partial charge in [-0.1, -0.05) is 13.8 Å². The van der Waals surface area contributed by atoms with Gasteiger partial charge in [-0.05, 0) is 33.6 Å². The van der Waals surface area contributed by atoms with E-state index in [1.54, 1.807) is 13.8 Å². The van der Waals surface area contributed by atoms with Gasteiger partial charge in [0.15, 0.2) is 0 Å². The van der Waals surface area contributed by atoms with Crippen molar-refractivity contribution in [1.29, 1.82) is 0 Å². The molecule has 5 heteroatoms. The Hall–Kier alpha value is -1.26. The lowest BCUT2D eigenvalue weighted by atomic mass is 10.0. The Morgan fingerprint density at radius 3 is 2.12 bits per heavy atom. The second-order valence-corrected chi connectivity index (χ2v) is 5.12. The molecule has 0 rings (SSSR count). The van der Waals surface area contributed by atoms with E-state index >= 15 is 0 Å². The van der Waals surface area contributed by atoms with E-state index in [0.29, 0.717) is 12.5 Å². The van der Waals surface area contributed by atoms with Gasteiger partial charge in [0.2, 0.25) is 5.91 Å². The summed E-state index contributed by atoms with van der Waals surface area (Å²) in [4.78, 5) is 23.3. The molecular weight excluding hydrogens is 218 g/mol. The summed E-state index contributed by atoms with van der Waals surface area (Å²) in [5.41, 5.74) is -0.914. The van der Waals surface area contributed by atoms with Crippen LogP contribution in [0.25, 0.3) is 0 Å². The molecule has 3 amide bonds. The van der Waals surface area contributed by atoms with Gasteiger partial charge in [0, 0.05) is 12.6 Å². The van der Waals surface area contributed by atoms with Crippen LogP contribution in [0.2, 0.25) is 0 Å². The second-order valence-electron chi connectivity index (χ2n) is 5.12. The van der Waals surface area contributed by atoms with Gasteiger partial charge in [0.1, 0.15) is 5.54 Å². The molecule has 0 aliphatic carbocycles. The van der Waals surface area contributed by atoms with Crippen LogP contribution in [0.4, 0.5) is 4.79 Å². The Bertz CT molecular complexity index is 275. The van der Waals surface area contributed by atoms with Gasteiger partial charge in [0.05, 0.1) is 0 Å². The van der Waals surface area contributed by atoms with Crippen molar-refractivity contribution in [2.24, 2.45) is 5.92 Å². The molecule has 0 aromatic rings. The zero-order valence-electron chi connectivity index (χ0n) is 11.7. The zero-order valence-corrected chi connectivity index (χ0v) is 11.7. The van der Waals surface area contributed by atoms with Gasteiger partial charge in [-0.3, -0.25) is 4.79 Å². The maximum Gasteiger partial charge on any atom is 0.315 e. The van der Waals surface area contributed by atoms with Crippen molar-refractivity contribution in [3.05, 3.63) is 0 Å². The first kappa shape index (κ1) is 15.7. The SMILES string of the molecule is CCNC(=O)NC(C)(C)C(=O)N[C@@H](C)C(C)C. The Labute approximate surface area is 104 Å². The molecule has 0 radical (unpaired) electrons. The summed E-state index contributed by atoms with van der Waals surface area (Å²) in [5, 5.41) is 8.13. The lowest BCUT2D eigenvalue weighted by Gasteiger charge is -2.28. The highest BCUT2D eigenvalue weighted by atomic mass is 16.2. The lowest BCUT2D eigenvalue weighted by molar-refractivity contribution is -0.127. The Morgan fingerprint density at radius 1 is 1.18 bits per heavy atom. The molecule has 0 fully saturated rings. The summed E-state index contributed by atoms with van der Waals surface area (Å²) in [6.07, 6.45) is 0. The fourth-order valence-corrected chi connectivity index (χ4v) is 1.10. The molecule has 1 atom stereocenters. The first-order chi connectivity index (χ1) is 7.70. The lowest BCUT2D eigenvalue weighted by Crippen LogP contribution is -2.58. The molecule has 3 N–H and O–H groups in total. The maximum absolute atomic E-state index is 12.0.